The van der Waals surface area contributed by atoms with Crippen molar-refractivity contribution in [3.63, 3.8) is 0 Å². The number of aryl methyl sites for hydroxylation is 1. The number of aromatic carboxylic acids is 1. The summed E-state index contributed by atoms with van der Waals surface area (Å²) in [5.74, 6) is -0.888. The van der Waals surface area contributed by atoms with Crippen molar-refractivity contribution in [2.75, 3.05) is 18.0 Å². The Morgan fingerprint density at radius 2 is 2.40 bits per heavy atom. The van der Waals surface area contributed by atoms with Crippen LogP contribution in [0.5, 0.6) is 0 Å². The lowest BCUT2D eigenvalue weighted by Gasteiger charge is -2.36. The highest BCUT2D eigenvalue weighted by molar-refractivity contribution is 7.17. The largest absolute Gasteiger partial charge is 0.477 e. The molecule has 2 heterocycles. The number of carboxylic acid groups (broad SMARTS) is 1. The van der Waals surface area contributed by atoms with Crippen molar-refractivity contribution >= 4 is 22.4 Å². The Morgan fingerprint density at radius 1 is 1.73 bits per heavy atom. The minimum absolute atomic E-state index is 0.201. The van der Waals surface area contributed by atoms with Crippen LogP contribution in [0.3, 0.4) is 0 Å². The van der Waals surface area contributed by atoms with E-state index >= 15 is 0 Å². The van der Waals surface area contributed by atoms with Gasteiger partial charge in [0.25, 0.3) is 0 Å². The molecule has 0 radical (unpaired) electrons. The van der Waals surface area contributed by atoms with Crippen molar-refractivity contribution in [3.8, 4) is 0 Å². The molecule has 1 aromatic rings. The maximum absolute atomic E-state index is 10.9. The molecule has 82 valence electrons. The summed E-state index contributed by atoms with van der Waals surface area (Å²) < 4.78 is 0. The summed E-state index contributed by atoms with van der Waals surface area (Å²) >= 11 is 1.24. The number of hydrogen-bond acceptors (Lipinski definition) is 5. The topological polar surface area (TPSA) is 79.5 Å². The van der Waals surface area contributed by atoms with E-state index in [0.29, 0.717) is 17.0 Å². The van der Waals surface area contributed by atoms with E-state index in [1.165, 1.54) is 11.3 Å². The summed E-state index contributed by atoms with van der Waals surface area (Å²) in [6.45, 7) is 3.46. The molecule has 1 aromatic heterocycles. The van der Waals surface area contributed by atoms with Crippen molar-refractivity contribution in [1.29, 1.82) is 0 Å². The minimum Gasteiger partial charge on any atom is -0.477 e. The lowest BCUT2D eigenvalue weighted by atomic mass is 10.1. The van der Waals surface area contributed by atoms with Crippen LogP contribution in [0.2, 0.25) is 0 Å². The second kappa shape index (κ2) is 3.79. The minimum atomic E-state index is -0.888. The highest BCUT2D eigenvalue weighted by Crippen LogP contribution is 2.29. The maximum Gasteiger partial charge on any atom is 0.347 e. The Hall–Kier alpha value is -1.14. The quantitative estimate of drug-likeness (QED) is 0.788. The van der Waals surface area contributed by atoms with Crippen molar-refractivity contribution < 1.29 is 9.90 Å². The molecule has 15 heavy (non-hydrogen) atoms. The summed E-state index contributed by atoms with van der Waals surface area (Å²) in [4.78, 5) is 17.6. The zero-order chi connectivity index (χ0) is 11.0. The molecule has 1 aliphatic rings. The van der Waals surface area contributed by atoms with Crippen LogP contribution in [0.15, 0.2) is 0 Å². The van der Waals surface area contributed by atoms with E-state index in [2.05, 4.69) is 4.98 Å². The molecule has 0 aromatic carbocycles. The van der Waals surface area contributed by atoms with Gasteiger partial charge in [-0.3, -0.25) is 0 Å². The molecule has 3 N–H and O–H groups in total. The van der Waals surface area contributed by atoms with Gasteiger partial charge >= 0.3 is 5.97 Å². The maximum atomic E-state index is 10.9. The molecule has 0 unspecified atom stereocenters. The van der Waals surface area contributed by atoms with Crippen LogP contribution in [-0.2, 0) is 6.42 Å². The molecular formula is C9H13N3O2S. The summed E-state index contributed by atoms with van der Waals surface area (Å²) in [6.07, 6.45) is 0.651. The molecule has 5 nitrogen and oxygen atoms in total. The normalized spacial score (nSPS) is 16.5. The van der Waals surface area contributed by atoms with Gasteiger partial charge in [-0.05, 0) is 6.42 Å². The van der Waals surface area contributed by atoms with Gasteiger partial charge < -0.3 is 15.7 Å². The second-order valence-corrected chi connectivity index (χ2v) is 4.57. The molecule has 2 rings (SSSR count). The Morgan fingerprint density at radius 3 is 2.80 bits per heavy atom. The predicted octanol–water partition coefficient (Wildman–Crippen LogP) is 0.551. The molecule has 6 heteroatoms. The predicted molar refractivity (Wildman–Crippen MR) is 58.6 cm³/mol. The summed E-state index contributed by atoms with van der Waals surface area (Å²) in [5.41, 5.74) is 6.33. The van der Waals surface area contributed by atoms with Gasteiger partial charge in [-0.1, -0.05) is 18.3 Å². The van der Waals surface area contributed by atoms with Crippen LogP contribution in [0.1, 0.15) is 22.3 Å². The van der Waals surface area contributed by atoms with Crippen LogP contribution in [0, 0.1) is 0 Å². The first-order valence-corrected chi connectivity index (χ1v) is 5.67. The Labute approximate surface area is 91.5 Å². The fourth-order valence-electron chi connectivity index (χ4n) is 1.55. The number of aromatic nitrogens is 1. The standard InChI is InChI=1S/C9H13N3O2S/c1-2-6-7(8(13)14)15-9(11-6)12-3-5(10)4-12/h5H,2-4,10H2,1H3,(H,13,14). The monoisotopic (exact) mass is 227 g/mol. The average Bonchev–Trinajstić information content (AvgIpc) is 2.56. The third-order valence-corrected chi connectivity index (χ3v) is 3.54. The first-order valence-electron chi connectivity index (χ1n) is 4.85. The van der Waals surface area contributed by atoms with Gasteiger partial charge in [0.15, 0.2) is 5.13 Å². The number of carboxylic acids is 1. The summed E-state index contributed by atoms with van der Waals surface area (Å²) in [7, 11) is 0. The van der Waals surface area contributed by atoms with Crippen molar-refractivity contribution in [2.45, 2.75) is 19.4 Å². The zero-order valence-electron chi connectivity index (χ0n) is 8.43. The second-order valence-electron chi connectivity index (χ2n) is 3.60. The van der Waals surface area contributed by atoms with E-state index in [1.54, 1.807) is 0 Å². The van der Waals surface area contributed by atoms with E-state index in [4.69, 9.17) is 10.8 Å². The number of anilines is 1. The van der Waals surface area contributed by atoms with E-state index in [9.17, 15) is 4.79 Å². The van der Waals surface area contributed by atoms with Gasteiger partial charge in [0.05, 0.1) is 5.69 Å². The molecule has 1 aliphatic heterocycles. The molecule has 0 atom stereocenters. The van der Waals surface area contributed by atoms with Crippen LogP contribution in [0.25, 0.3) is 0 Å². The van der Waals surface area contributed by atoms with Crippen LogP contribution >= 0.6 is 11.3 Å². The first-order chi connectivity index (χ1) is 7.11. The number of thiazole rings is 1. The van der Waals surface area contributed by atoms with Gasteiger partial charge in [0.2, 0.25) is 0 Å². The fraction of sp³-hybridized carbons (Fsp3) is 0.556. The lowest BCUT2D eigenvalue weighted by molar-refractivity contribution is 0.0701. The Balaban J connectivity index is 2.23. The molecule has 0 saturated carbocycles. The molecule has 1 saturated heterocycles. The molecular weight excluding hydrogens is 214 g/mol. The Kier molecular flexibility index (Phi) is 2.62. The van der Waals surface area contributed by atoms with Gasteiger partial charge in [-0.2, -0.15) is 0 Å². The van der Waals surface area contributed by atoms with Crippen molar-refractivity contribution in [2.24, 2.45) is 5.73 Å². The highest BCUT2D eigenvalue weighted by Gasteiger charge is 2.27. The molecule has 0 spiro atoms. The summed E-state index contributed by atoms with van der Waals surface area (Å²) in [5, 5.41) is 9.75. The Bertz CT molecular complexity index is 385. The highest BCUT2D eigenvalue weighted by atomic mass is 32.1. The first kappa shape index (κ1) is 10.4. The third kappa shape index (κ3) is 1.82. The number of carbonyl (C=O) groups is 1. The van der Waals surface area contributed by atoms with E-state index < -0.39 is 5.97 Å². The fourth-order valence-corrected chi connectivity index (χ4v) is 2.56. The molecule has 1 fully saturated rings. The van der Waals surface area contributed by atoms with E-state index in [0.717, 1.165) is 18.2 Å². The summed E-state index contributed by atoms with van der Waals surface area (Å²) in [6, 6.07) is 0.201. The molecule has 0 amide bonds. The van der Waals surface area contributed by atoms with Gasteiger partial charge in [0, 0.05) is 19.1 Å². The van der Waals surface area contributed by atoms with Crippen LogP contribution in [0.4, 0.5) is 5.13 Å². The van der Waals surface area contributed by atoms with E-state index in [-0.39, 0.29) is 6.04 Å². The zero-order valence-corrected chi connectivity index (χ0v) is 9.25. The lowest BCUT2D eigenvalue weighted by Crippen LogP contribution is -2.55. The van der Waals surface area contributed by atoms with Crippen molar-refractivity contribution in [1.82, 2.24) is 4.98 Å². The van der Waals surface area contributed by atoms with Crippen LogP contribution < -0.4 is 10.6 Å². The van der Waals surface area contributed by atoms with E-state index in [1.807, 2.05) is 11.8 Å². The van der Waals surface area contributed by atoms with Gasteiger partial charge in [0.1, 0.15) is 4.88 Å². The van der Waals surface area contributed by atoms with Crippen LogP contribution in [-0.4, -0.2) is 35.2 Å². The van der Waals surface area contributed by atoms with Gasteiger partial charge in [-0.15, -0.1) is 0 Å². The third-order valence-electron chi connectivity index (χ3n) is 2.40. The number of hydrogen-bond donors (Lipinski definition) is 2. The number of nitrogens with two attached hydrogens (primary N) is 1. The molecule has 0 aliphatic carbocycles. The number of nitrogens with zero attached hydrogens (tertiary/aromatic N) is 2. The SMILES string of the molecule is CCc1nc(N2CC(N)C2)sc1C(=O)O. The number of rotatable bonds is 3. The smallest absolute Gasteiger partial charge is 0.347 e. The van der Waals surface area contributed by atoms with Gasteiger partial charge in [-0.25, -0.2) is 9.78 Å². The average molecular weight is 227 g/mol. The molecule has 0 bridgehead atoms. The van der Waals surface area contributed by atoms with Crippen molar-refractivity contribution in [3.05, 3.63) is 10.6 Å².